The van der Waals surface area contributed by atoms with E-state index < -0.39 is 0 Å². The summed E-state index contributed by atoms with van der Waals surface area (Å²) in [7, 11) is 0. The monoisotopic (exact) mass is 413 g/mol. The SMILES string of the molecule is CC(=O)Nc1ccc(C(=O)CSc2nnc(C3CC3)n2C2CC2)c(NC(C)=O)c1. The van der Waals surface area contributed by atoms with Crippen LogP contribution in [0, 0.1) is 0 Å². The number of nitrogens with zero attached hydrogens (tertiary/aromatic N) is 3. The summed E-state index contributed by atoms with van der Waals surface area (Å²) in [5.41, 5.74) is 1.31. The number of carbonyl (C=O) groups is 3. The fourth-order valence-electron chi connectivity index (χ4n) is 3.25. The highest BCUT2D eigenvalue weighted by Crippen LogP contribution is 2.46. The van der Waals surface area contributed by atoms with Crippen LogP contribution in [0.15, 0.2) is 23.4 Å². The van der Waals surface area contributed by atoms with Crippen molar-refractivity contribution in [2.75, 3.05) is 16.4 Å². The molecular formula is C20H23N5O3S. The molecule has 29 heavy (non-hydrogen) atoms. The smallest absolute Gasteiger partial charge is 0.221 e. The molecule has 2 aliphatic rings. The molecule has 152 valence electrons. The summed E-state index contributed by atoms with van der Waals surface area (Å²) in [5, 5.41) is 14.8. The molecule has 1 aromatic carbocycles. The maximum absolute atomic E-state index is 12.9. The van der Waals surface area contributed by atoms with Gasteiger partial charge in [-0.05, 0) is 43.9 Å². The maximum atomic E-state index is 12.9. The normalized spacial score (nSPS) is 15.8. The molecule has 4 rings (SSSR count). The summed E-state index contributed by atoms with van der Waals surface area (Å²) in [5.74, 6) is 1.14. The van der Waals surface area contributed by atoms with Crippen molar-refractivity contribution >= 4 is 40.7 Å². The van der Waals surface area contributed by atoms with Crippen LogP contribution in [0.4, 0.5) is 11.4 Å². The van der Waals surface area contributed by atoms with Gasteiger partial charge in [-0.15, -0.1) is 10.2 Å². The van der Waals surface area contributed by atoms with Crippen LogP contribution >= 0.6 is 11.8 Å². The van der Waals surface area contributed by atoms with E-state index in [1.165, 1.54) is 25.6 Å². The third-order valence-corrected chi connectivity index (χ3v) is 5.77. The molecule has 0 saturated heterocycles. The lowest BCUT2D eigenvalue weighted by molar-refractivity contribution is -0.115. The maximum Gasteiger partial charge on any atom is 0.221 e. The van der Waals surface area contributed by atoms with Gasteiger partial charge in [0.25, 0.3) is 0 Å². The fraction of sp³-hybridized carbons (Fsp3) is 0.450. The number of hydrogen-bond donors (Lipinski definition) is 2. The minimum atomic E-state index is -0.283. The fourth-order valence-corrected chi connectivity index (χ4v) is 4.15. The van der Waals surface area contributed by atoms with Crippen molar-refractivity contribution in [3.05, 3.63) is 29.6 Å². The van der Waals surface area contributed by atoms with E-state index in [1.807, 2.05) is 0 Å². The molecule has 0 aliphatic heterocycles. The van der Waals surface area contributed by atoms with Gasteiger partial charge in [0.05, 0.1) is 11.4 Å². The van der Waals surface area contributed by atoms with Crippen LogP contribution in [0.2, 0.25) is 0 Å². The van der Waals surface area contributed by atoms with E-state index in [2.05, 4.69) is 25.4 Å². The van der Waals surface area contributed by atoms with Gasteiger partial charge < -0.3 is 15.2 Å². The molecule has 2 N–H and O–H groups in total. The molecule has 0 radical (unpaired) electrons. The number of amides is 2. The molecule has 2 saturated carbocycles. The summed E-state index contributed by atoms with van der Waals surface area (Å²) in [6.07, 6.45) is 4.59. The summed E-state index contributed by atoms with van der Waals surface area (Å²) in [6, 6.07) is 5.34. The minimum absolute atomic E-state index is 0.119. The Balaban J connectivity index is 1.51. The van der Waals surface area contributed by atoms with E-state index in [9.17, 15) is 14.4 Å². The highest BCUT2D eigenvalue weighted by atomic mass is 32.2. The Kier molecular flexibility index (Phi) is 5.40. The Morgan fingerprint density at radius 1 is 1.07 bits per heavy atom. The van der Waals surface area contributed by atoms with Gasteiger partial charge in [0, 0.05) is 37.1 Å². The van der Waals surface area contributed by atoms with Crippen molar-refractivity contribution in [2.24, 2.45) is 0 Å². The van der Waals surface area contributed by atoms with E-state index in [1.54, 1.807) is 18.2 Å². The molecule has 1 heterocycles. The van der Waals surface area contributed by atoms with Crippen LogP contribution in [0.25, 0.3) is 0 Å². The van der Waals surface area contributed by atoms with E-state index in [4.69, 9.17) is 0 Å². The second-order valence-electron chi connectivity index (χ2n) is 7.55. The number of rotatable bonds is 8. The van der Waals surface area contributed by atoms with Crippen LogP contribution in [-0.2, 0) is 9.59 Å². The number of carbonyl (C=O) groups excluding carboxylic acids is 3. The molecule has 1 aromatic heterocycles. The quantitative estimate of drug-likeness (QED) is 0.508. The molecule has 0 unspecified atom stereocenters. The minimum Gasteiger partial charge on any atom is -0.326 e. The number of thioether (sulfide) groups is 1. The first-order chi connectivity index (χ1) is 13.9. The molecule has 2 amide bonds. The van der Waals surface area contributed by atoms with Gasteiger partial charge in [-0.1, -0.05) is 11.8 Å². The second kappa shape index (κ2) is 7.98. The van der Waals surface area contributed by atoms with Crippen molar-refractivity contribution in [3.63, 3.8) is 0 Å². The van der Waals surface area contributed by atoms with E-state index in [0.29, 0.717) is 28.9 Å². The van der Waals surface area contributed by atoms with E-state index >= 15 is 0 Å². The third-order valence-electron chi connectivity index (χ3n) is 4.83. The Labute approximate surface area is 172 Å². The first-order valence-corrected chi connectivity index (χ1v) is 10.7. The lowest BCUT2D eigenvalue weighted by Crippen LogP contribution is -2.14. The van der Waals surface area contributed by atoms with Crippen molar-refractivity contribution in [1.82, 2.24) is 14.8 Å². The summed E-state index contributed by atoms with van der Waals surface area (Å²) < 4.78 is 2.21. The summed E-state index contributed by atoms with van der Waals surface area (Å²) in [6.45, 7) is 2.78. The Morgan fingerprint density at radius 3 is 2.41 bits per heavy atom. The van der Waals surface area contributed by atoms with Crippen molar-refractivity contribution in [2.45, 2.75) is 56.6 Å². The zero-order valence-electron chi connectivity index (χ0n) is 16.4. The average Bonchev–Trinajstić information content (AvgIpc) is 3.57. The topological polar surface area (TPSA) is 106 Å². The van der Waals surface area contributed by atoms with Crippen LogP contribution in [0.3, 0.4) is 0 Å². The Hall–Kier alpha value is -2.68. The standard InChI is InChI=1S/C20H23N5O3S/c1-11(26)21-14-5-8-16(17(9-14)22-12(2)27)18(28)10-29-20-24-23-19(13-3-4-13)25(20)15-6-7-15/h5,8-9,13,15H,3-4,6-7,10H2,1-2H3,(H,21,26)(H,22,27). The summed E-state index contributed by atoms with van der Waals surface area (Å²) >= 11 is 1.38. The number of benzene rings is 1. The first-order valence-electron chi connectivity index (χ1n) is 9.72. The van der Waals surface area contributed by atoms with E-state index in [-0.39, 0.29) is 23.4 Å². The predicted molar refractivity (Wildman–Crippen MR) is 110 cm³/mol. The number of Topliss-reactive ketones (excluding diaryl/α,β-unsaturated/α-hetero) is 1. The number of hydrogen-bond acceptors (Lipinski definition) is 6. The average molecular weight is 414 g/mol. The number of ketones is 1. The van der Waals surface area contributed by atoms with Crippen molar-refractivity contribution < 1.29 is 14.4 Å². The second-order valence-corrected chi connectivity index (χ2v) is 8.49. The van der Waals surface area contributed by atoms with Crippen LogP contribution < -0.4 is 10.6 Å². The van der Waals surface area contributed by atoms with Gasteiger partial charge in [-0.2, -0.15) is 0 Å². The molecule has 0 spiro atoms. The number of aromatic nitrogens is 3. The molecule has 2 fully saturated rings. The molecule has 8 nitrogen and oxygen atoms in total. The van der Waals surface area contributed by atoms with Gasteiger partial charge in [0.15, 0.2) is 10.9 Å². The number of nitrogens with one attached hydrogen (secondary N) is 2. The third kappa shape index (κ3) is 4.67. The molecule has 0 bridgehead atoms. The molecule has 0 atom stereocenters. The molecule has 2 aromatic rings. The highest BCUT2D eigenvalue weighted by molar-refractivity contribution is 7.99. The van der Waals surface area contributed by atoms with Gasteiger partial charge in [0.1, 0.15) is 5.82 Å². The zero-order valence-corrected chi connectivity index (χ0v) is 17.2. The lowest BCUT2D eigenvalue weighted by Gasteiger charge is -2.12. The largest absolute Gasteiger partial charge is 0.326 e. The molecule has 9 heteroatoms. The van der Waals surface area contributed by atoms with Gasteiger partial charge >= 0.3 is 0 Å². The Bertz CT molecular complexity index is 978. The van der Waals surface area contributed by atoms with Gasteiger partial charge in [-0.25, -0.2) is 0 Å². The molecular weight excluding hydrogens is 390 g/mol. The predicted octanol–water partition coefficient (Wildman–Crippen LogP) is 3.38. The first kappa shape index (κ1) is 19.6. The van der Waals surface area contributed by atoms with Gasteiger partial charge in [-0.3, -0.25) is 14.4 Å². The summed E-state index contributed by atoms with van der Waals surface area (Å²) in [4.78, 5) is 35.7. The molecule has 2 aliphatic carbocycles. The number of anilines is 2. The van der Waals surface area contributed by atoms with Crippen molar-refractivity contribution in [3.8, 4) is 0 Å². The Morgan fingerprint density at radius 2 is 1.79 bits per heavy atom. The van der Waals surface area contributed by atoms with Gasteiger partial charge in [0.2, 0.25) is 11.8 Å². The van der Waals surface area contributed by atoms with E-state index in [0.717, 1.165) is 36.7 Å². The highest BCUT2D eigenvalue weighted by Gasteiger charge is 2.36. The van der Waals surface area contributed by atoms with Crippen LogP contribution in [-0.4, -0.2) is 38.1 Å². The van der Waals surface area contributed by atoms with Crippen LogP contribution in [0.1, 0.15) is 67.7 Å². The lowest BCUT2D eigenvalue weighted by atomic mass is 10.1. The van der Waals surface area contributed by atoms with Crippen LogP contribution in [0.5, 0.6) is 0 Å². The zero-order chi connectivity index (χ0) is 20.5. The van der Waals surface area contributed by atoms with Crippen molar-refractivity contribution in [1.29, 1.82) is 0 Å².